The van der Waals surface area contributed by atoms with Gasteiger partial charge in [-0.2, -0.15) is 0 Å². The number of ether oxygens (including phenoxy) is 3. The van der Waals surface area contributed by atoms with Crippen molar-refractivity contribution in [2.24, 2.45) is 5.41 Å². The fourth-order valence-corrected chi connectivity index (χ4v) is 3.31. The number of methoxy groups -OCH3 is 1. The molecule has 8 nitrogen and oxygen atoms in total. The fraction of sp³-hybridized carbons (Fsp3) is 0.571. The zero-order valence-corrected chi connectivity index (χ0v) is 17.7. The molecule has 2 unspecified atom stereocenters. The molecule has 1 fully saturated rings. The van der Waals surface area contributed by atoms with Crippen molar-refractivity contribution < 1.29 is 28.6 Å². The van der Waals surface area contributed by atoms with Crippen LogP contribution in [0.5, 0.6) is 0 Å². The van der Waals surface area contributed by atoms with Crippen molar-refractivity contribution >= 4 is 18.2 Å². The smallest absolute Gasteiger partial charge is 0.410 e. The number of nitrogens with one attached hydrogen (secondary N) is 1. The van der Waals surface area contributed by atoms with E-state index in [0.29, 0.717) is 6.42 Å². The first-order valence-corrected chi connectivity index (χ1v) is 9.56. The minimum atomic E-state index is -0.971. The van der Waals surface area contributed by atoms with Crippen LogP contribution >= 0.6 is 0 Å². The highest BCUT2D eigenvalue weighted by Gasteiger charge is 2.45. The average molecular weight is 406 g/mol. The molecule has 29 heavy (non-hydrogen) atoms. The first-order valence-electron chi connectivity index (χ1n) is 9.56. The molecule has 0 bridgehead atoms. The van der Waals surface area contributed by atoms with Gasteiger partial charge in [-0.1, -0.05) is 30.3 Å². The monoisotopic (exact) mass is 406 g/mol. The fourth-order valence-electron chi connectivity index (χ4n) is 3.31. The van der Waals surface area contributed by atoms with E-state index in [1.54, 1.807) is 27.7 Å². The first kappa shape index (κ1) is 22.5. The van der Waals surface area contributed by atoms with Crippen LogP contribution < -0.4 is 5.32 Å². The van der Waals surface area contributed by atoms with Gasteiger partial charge in [-0.05, 0) is 39.7 Å². The number of benzene rings is 1. The maximum absolute atomic E-state index is 12.6. The molecule has 1 aliphatic heterocycles. The SMILES string of the molecule is COC(=O)C1(C)CC(NC(=O)OCc2ccccc2)CN(C(=O)OC(C)(C)C)C1. The summed E-state index contributed by atoms with van der Waals surface area (Å²) in [5, 5.41) is 2.75. The number of carbonyl (C=O) groups is 3. The molecular formula is C21H30N2O6. The van der Waals surface area contributed by atoms with Crippen molar-refractivity contribution in [1.29, 1.82) is 0 Å². The van der Waals surface area contributed by atoms with Gasteiger partial charge in [-0.15, -0.1) is 0 Å². The molecule has 1 heterocycles. The second-order valence-corrected chi connectivity index (χ2v) is 8.52. The second kappa shape index (κ2) is 9.15. The lowest BCUT2D eigenvalue weighted by Crippen LogP contribution is -2.58. The predicted molar refractivity (Wildman–Crippen MR) is 106 cm³/mol. The topological polar surface area (TPSA) is 94.2 Å². The Labute approximate surface area is 171 Å². The van der Waals surface area contributed by atoms with Crippen molar-refractivity contribution in [1.82, 2.24) is 10.2 Å². The van der Waals surface area contributed by atoms with Crippen molar-refractivity contribution in [2.75, 3.05) is 20.2 Å². The molecule has 0 saturated carbocycles. The summed E-state index contributed by atoms with van der Waals surface area (Å²) in [6.07, 6.45) is -0.840. The molecule has 1 aromatic rings. The third-order valence-electron chi connectivity index (χ3n) is 4.54. The van der Waals surface area contributed by atoms with Gasteiger partial charge >= 0.3 is 18.2 Å². The van der Waals surface area contributed by atoms with Gasteiger partial charge < -0.3 is 24.4 Å². The van der Waals surface area contributed by atoms with E-state index in [-0.39, 0.29) is 19.7 Å². The number of hydrogen-bond acceptors (Lipinski definition) is 6. The van der Waals surface area contributed by atoms with Crippen LogP contribution in [0.25, 0.3) is 0 Å². The molecule has 2 rings (SSSR count). The molecule has 0 aromatic heterocycles. The molecule has 2 amide bonds. The van der Waals surface area contributed by atoms with Gasteiger partial charge in [0, 0.05) is 13.1 Å². The van der Waals surface area contributed by atoms with Crippen LogP contribution in [0.4, 0.5) is 9.59 Å². The zero-order valence-electron chi connectivity index (χ0n) is 17.7. The molecular weight excluding hydrogens is 376 g/mol. The molecule has 8 heteroatoms. The van der Waals surface area contributed by atoms with Crippen LogP contribution in [0, 0.1) is 5.41 Å². The molecule has 160 valence electrons. The number of carbonyl (C=O) groups excluding carboxylic acids is 3. The standard InChI is InChI=1S/C21H30N2O6/c1-20(2,3)29-19(26)23-12-16(11-21(4,14-23)17(24)27-5)22-18(25)28-13-15-9-7-6-8-10-15/h6-10,16H,11-14H2,1-5H3,(H,22,25). The van der Waals surface area contributed by atoms with E-state index in [4.69, 9.17) is 14.2 Å². The lowest BCUT2D eigenvalue weighted by molar-refractivity contribution is -0.155. The Balaban J connectivity index is 2.05. The summed E-state index contributed by atoms with van der Waals surface area (Å²) in [4.78, 5) is 38.6. The van der Waals surface area contributed by atoms with Crippen molar-refractivity contribution in [2.45, 2.75) is 52.4 Å². The summed E-state index contributed by atoms with van der Waals surface area (Å²) in [6, 6.07) is 8.82. The Kier molecular flexibility index (Phi) is 7.11. The quantitative estimate of drug-likeness (QED) is 0.610. The zero-order chi connectivity index (χ0) is 21.7. The van der Waals surface area contributed by atoms with Crippen LogP contribution in [-0.2, 0) is 25.6 Å². The summed E-state index contributed by atoms with van der Waals surface area (Å²) in [5.74, 6) is -0.449. The molecule has 1 aromatic carbocycles. The summed E-state index contributed by atoms with van der Waals surface area (Å²) >= 11 is 0. The highest BCUT2D eigenvalue weighted by atomic mass is 16.6. The number of rotatable bonds is 4. The highest BCUT2D eigenvalue weighted by Crippen LogP contribution is 2.32. The average Bonchev–Trinajstić information content (AvgIpc) is 2.64. The largest absolute Gasteiger partial charge is 0.469 e. The lowest BCUT2D eigenvalue weighted by Gasteiger charge is -2.42. The number of esters is 1. The van der Waals surface area contributed by atoms with Gasteiger partial charge in [-0.25, -0.2) is 9.59 Å². The van der Waals surface area contributed by atoms with Crippen LogP contribution in [0.15, 0.2) is 30.3 Å². The van der Waals surface area contributed by atoms with Crippen LogP contribution in [-0.4, -0.2) is 54.9 Å². The lowest BCUT2D eigenvalue weighted by atomic mass is 9.80. The number of likely N-dealkylation sites (tertiary alicyclic amines) is 1. The van der Waals surface area contributed by atoms with E-state index in [9.17, 15) is 14.4 Å². The number of amides is 2. The van der Waals surface area contributed by atoms with E-state index in [1.165, 1.54) is 12.0 Å². The number of nitrogens with zero attached hydrogens (tertiary/aromatic N) is 1. The molecule has 0 spiro atoms. The van der Waals surface area contributed by atoms with E-state index in [2.05, 4.69) is 5.32 Å². The molecule has 1 aliphatic rings. The van der Waals surface area contributed by atoms with E-state index < -0.39 is 35.2 Å². The normalized spacial score (nSPS) is 21.8. The van der Waals surface area contributed by atoms with Crippen LogP contribution in [0.3, 0.4) is 0 Å². The molecule has 2 atom stereocenters. The van der Waals surface area contributed by atoms with Crippen LogP contribution in [0.1, 0.15) is 39.7 Å². The van der Waals surface area contributed by atoms with Crippen molar-refractivity contribution in [3.05, 3.63) is 35.9 Å². The summed E-state index contributed by atoms with van der Waals surface area (Å²) < 4.78 is 15.6. The van der Waals surface area contributed by atoms with Gasteiger partial charge in [0.2, 0.25) is 0 Å². The Morgan fingerprint density at radius 3 is 2.45 bits per heavy atom. The van der Waals surface area contributed by atoms with E-state index >= 15 is 0 Å². The Morgan fingerprint density at radius 1 is 1.21 bits per heavy atom. The maximum Gasteiger partial charge on any atom is 0.410 e. The summed E-state index contributed by atoms with van der Waals surface area (Å²) in [7, 11) is 1.30. The van der Waals surface area contributed by atoms with Gasteiger partial charge in [0.1, 0.15) is 12.2 Å². The Bertz CT molecular complexity index is 730. The summed E-state index contributed by atoms with van der Waals surface area (Å²) in [5.41, 5.74) is -0.782. The maximum atomic E-state index is 12.6. The van der Waals surface area contributed by atoms with Gasteiger partial charge in [0.15, 0.2) is 0 Å². The minimum Gasteiger partial charge on any atom is -0.469 e. The van der Waals surface area contributed by atoms with Gasteiger partial charge in [-0.3, -0.25) is 4.79 Å². The van der Waals surface area contributed by atoms with Gasteiger partial charge in [0.05, 0.1) is 18.6 Å². The number of hydrogen-bond donors (Lipinski definition) is 1. The Morgan fingerprint density at radius 2 is 1.86 bits per heavy atom. The second-order valence-electron chi connectivity index (χ2n) is 8.52. The minimum absolute atomic E-state index is 0.128. The van der Waals surface area contributed by atoms with Crippen LogP contribution in [0.2, 0.25) is 0 Å². The molecule has 0 radical (unpaired) electrons. The number of piperidine rings is 1. The first-order chi connectivity index (χ1) is 13.5. The van der Waals surface area contributed by atoms with E-state index in [1.807, 2.05) is 30.3 Å². The predicted octanol–water partition coefficient (Wildman–Crippen LogP) is 3.10. The molecule has 0 aliphatic carbocycles. The third kappa shape index (κ3) is 6.66. The van der Waals surface area contributed by atoms with Gasteiger partial charge in [0.25, 0.3) is 0 Å². The third-order valence-corrected chi connectivity index (χ3v) is 4.54. The molecule has 1 saturated heterocycles. The molecule has 1 N–H and O–H groups in total. The van der Waals surface area contributed by atoms with Crippen molar-refractivity contribution in [3.63, 3.8) is 0 Å². The highest BCUT2D eigenvalue weighted by molar-refractivity contribution is 5.79. The summed E-state index contributed by atoms with van der Waals surface area (Å²) in [6.45, 7) is 7.50. The van der Waals surface area contributed by atoms with E-state index in [0.717, 1.165) is 5.56 Å². The number of alkyl carbamates (subject to hydrolysis) is 1. The Hall–Kier alpha value is -2.77. The van der Waals surface area contributed by atoms with Crippen molar-refractivity contribution in [3.8, 4) is 0 Å².